The van der Waals surface area contributed by atoms with E-state index in [0.29, 0.717) is 22.9 Å². The molecule has 27 heavy (non-hydrogen) atoms. The zero-order valence-corrected chi connectivity index (χ0v) is 15.1. The summed E-state index contributed by atoms with van der Waals surface area (Å²) in [7, 11) is 1.42. The summed E-state index contributed by atoms with van der Waals surface area (Å²) >= 11 is 0. The molecule has 0 aliphatic carbocycles. The summed E-state index contributed by atoms with van der Waals surface area (Å²) < 4.78 is 10.5. The van der Waals surface area contributed by atoms with Crippen LogP contribution in [0.2, 0.25) is 0 Å². The topological polar surface area (TPSA) is 110 Å². The first-order valence-electron chi connectivity index (χ1n) is 8.36. The quantitative estimate of drug-likeness (QED) is 0.471. The minimum Gasteiger partial charge on any atom is -0.481 e. The maximum Gasteiger partial charge on any atom is 0.216 e. The predicted molar refractivity (Wildman–Crippen MR) is 106 cm³/mol. The van der Waals surface area contributed by atoms with Crippen molar-refractivity contribution in [3.05, 3.63) is 77.9 Å². The number of anilines is 2. The molecule has 0 radical (unpaired) electrons. The average molecular weight is 363 g/mol. The van der Waals surface area contributed by atoms with Gasteiger partial charge in [0.25, 0.3) is 0 Å². The van der Waals surface area contributed by atoms with Crippen molar-refractivity contribution in [2.75, 3.05) is 18.2 Å². The molecule has 1 unspecified atom stereocenters. The zero-order chi connectivity index (χ0) is 19.2. The van der Waals surface area contributed by atoms with Gasteiger partial charge in [0.05, 0.1) is 24.8 Å². The summed E-state index contributed by atoms with van der Waals surface area (Å²) in [6, 6.07) is 15.0. The monoisotopic (exact) mass is 363 g/mol. The SMILES string of the molecule is COC(=N)c1cnc(NC(C)=NC(c2ccccc2)c2ccco2)cc1N. The second kappa shape index (κ2) is 8.18. The van der Waals surface area contributed by atoms with Gasteiger partial charge in [0.2, 0.25) is 5.90 Å². The van der Waals surface area contributed by atoms with Crippen molar-refractivity contribution >= 4 is 23.2 Å². The molecular formula is C20H21N5O2. The van der Waals surface area contributed by atoms with Gasteiger partial charge in [-0.05, 0) is 24.6 Å². The van der Waals surface area contributed by atoms with Crippen LogP contribution in [0.3, 0.4) is 0 Å². The number of furan rings is 1. The van der Waals surface area contributed by atoms with E-state index in [1.54, 1.807) is 12.3 Å². The molecule has 0 aliphatic rings. The number of ether oxygens (including phenoxy) is 1. The van der Waals surface area contributed by atoms with Crippen molar-refractivity contribution in [3.8, 4) is 0 Å². The molecule has 2 aromatic heterocycles. The van der Waals surface area contributed by atoms with Gasteiger partial charge < -0.3 is 20.2 Å². The number of aromatic nitrogens is 1. The van der Waals surface area contributed by atoms with E-state index in [9.17, 15) is 0 Å². The number of nitrogen functional groups attached to an aromatic ring is 1. The Morgan fingerprint density at radius 3 is 2.67 bits per heavy atom. The first kappa shape index (κ1) is 18.2. The Labute approximate surface area is 157 Å². The number of nitrogens with two attached hydrogens (primary N) is 1. The number of aliphatic imine (C=N–C) groups is 1. The number of benzene rings is 1. The van der Waals surface area contributed by atoms with Crippen LogP contribution in [-0.2, 0) is 4.74 Å². The maximum absolute atomic E-state index is 7.70. The number of pyridine rings is 1. The van der Waals surface area contributed by atoms with Crippen molar-refractivity contribution in [1.82, 2.24) is 4.98 Å². The highest BCUT2D eigenvalue weighted by Crippen LogP contribution is 2.26. The Kier molecular flexibility index (Phi) is 5.51. The van der Waals surface area contributed by atoms with Crippen molar-refractivity contribution in [2.24, 2.45) is 4.99 Å². The number of amidine groups is 1. The maximum atomic E-state index is 7.70. The highest BCUT2D eigenvalue weighted by molar-refractivity contribution is 5.98. The third-order valence-corrected chi connectivity index (χ3v) is 3.94. The van der Waals surface area contributed by atoms with E-state index in [-0.39, 0.29) is 11.9 Å². The van der Waals surface area contributed by atoms with Crippen molar-refractivity contribution < 1.29 is 9.15 Å². The minimum absolute atomic E-state index is 0.0288. The van der Waals surface area contributed by atoms with Crippen molar-refractivity contribution in [3.63, 3.8) is 0 Å². The molecular weight excluding hydrogens is 342 g/mol. The van der Waals surface area contributed by atoms with Gasteiger partial charge >= 0.3 is 0 Å². The Morgan fingerprint density at radius 2 is 2.04 bits per heavy atom. The first-order chi connectivity index (χ1) is 13.1. The first-order valence-corrected chi connectivity index (χ1v) is 8.36. The van der Waals surface area contributed by atoms with E-state index in [4.69, 9.17) is 25.3 Å². The Bertz CT molecular complexity index is 936. The Hall–Kier alpha value is -3.61. The molecule has 0 saturated carbocycles. The third-order valence-electron chi connectivity index (χ3n) is 3.94. The molecule has 0 aliphatic heterocycles. The van der Waals surface area contributed by atoms with Crippen LogP contribution in [0.25, 0.3) is 0 Å². The highest BCUT2D eigenvalue weighted by Gasteiger charge is 2.16. The van der Waals surface area contributed by atoms with Crippen LogP contribution in [0, 0.1) is 5.41 Å². The molecule has 0 amide bonds. The molecule has 138 valence electrons. The summed E-state index contributed by atoms with van der Waals surface area (Å²) in [5, 5.41) is 10.8. The third kappa shape index (κ3) is 4.33. The lowest BCUT2D eigenvalue weighted by atomic mass is 10.1. The Balaban J connectivity index is 1.85. The predicted octanol–water partition coefficient (Wildman–Crippen LogP) is 3.85. The van der Waals surface area contributed by atoms with Crippen LogP contribution < -0.4 is 11.1 Å². The second-order valence-electron chi connectivity index (χ2n) is 5.86. The summed E-state index contributed by atoms with van der Waals surface area (Å²) in [5.74, 6) is 1.91. The van der Waals surface area contributed by atoms with Crippen LogP contribution in [0.4, 0.5) is 11.5 Å². The van der Waals surface area contributed by atoms with E-state index in [1.807, 2.05) is 49.4 Å². The van der Waals surface area contributed by atoms with Crippen molar-refractivity contribution in [1.29, 1.82) is 5.41 Å². The van der Waals surface area contributed by atoms with Gasteiger partial charge in [0, 0.05) is 18.0 Å². The lowest BCUT2D eigenvalue weighted by molar-refractivity contribution is 0.401. The normalized spacial score (nSPS) is 12.4. The van der Waals surface area contributed by atoms with E-state index in [0.717, 1.165) is 11.3 Å². The molecule has 7 heteroatoms. The smallest absolute Gasteiger partial charge is 0.216 e. The fourth-order valence-electron chi connectivity index (χ4n) is 2.63. The molecule has 3 rings (SSSR count). The number of nitrogens with one attached hydrogen (secondary N) is 2. The molecule has 0 bridgehead atoms. The van der Waals surface area contributed by atoms with E-state index >= 15 is 0 Å². The second-order valence-corrected chi connectivity index (χ2v) is 5.86. The lowest BCUT2D eigenvalue weighted by Crippen LogP contribution is -2.13. The van der Waals surface area contributed by atoms with Crippen LogP contribution in [0.5, 0.6) is 0 Å². The number of rotatable bonds is 5. The molecule has 0 spiro atoms. The molecule has 0 fully saturated rings. The Morgan fingerprint density at radius 1 is 1.26 bits per heavy atom. The van der Waals surface area contributed by atoms with Gasteiger partial charge in [-0.15, -0.1) is 0 Å². The molecule has 0 saturated heterocycles. The summed E-state index contributed by atoms with van der Waals surface area (Å²) in [4.78, 5) is 9.03. The van der Waals surface area contributed by atoms with Crippen molar-refractivity contribution in [2.45, 2.75) is 13.0 Å². The van der Waals surface area contributed by atoms with Crippen LogP contribution in [0.15, 0.2) is 70.4 Å². The number of methoxy groups -OCH3 is 1. The van der Waals surface area contributed by atoms with Crippen LogP contribution >= 0.6 is 0 Å². The summed E-state index contributed by atoms with van der Waals surface area (Å²) in [6.07, 6.45) is 3.13. The number of hydrogen-bond acceptors (Lipinski definition) is 6. The minimum atomic E-state index is -0.271. The van der Waals surface area contributed by atoms with E-state index in [2.05, 4.69) is 10.3 Å². The largest absolute Gasteiger partial charge is 0.481 e. The van der Waals surface area contributed by atoms with Crippen LogP contribution in [0.1, 0.15) is 29.9 Å². The molecule has 3 aromatic rings. The highest BCUT2D eigenvalue weighted by atomic mass is 16.5. The van der Waals surface area contributed by atoms with Gasteiger partial charge in [-0.2, -0.15) is 0 Å². The van der Waals surface area contributed by atoms with E-state index in [1.165, 1.54) is 13.3 Å². The van der Waals surface area contributed by atoms with Gasteiger partial charge in [0.1, 0.15) is 17.6 Å². The lowest BCUT2D eigenvalue weighted by Gasteiger charge is -2.14. The molecule has 2 heterocycles. The summed E-state index contributed by atoms with van der Waals surface area (Å²) in [6.45, 7) is 1.85. The van der Waals surface area contributed by atoms with Crippen LogP contribution in [-0.4, -0.2) is 23.8 Å². The van der Waals surface area contributed by atoms with Gasteiger partial charge in [0.15, 0.2) is 0 Å². The number of nitrogens with zero attached hydrogens (tertiary/aromatic N) is 2. The molecule has 4 N–H and O–H groups in total. The fraction of sp³-hybridized carbons (Fsp3) is 0.150. The fourth-order valence-corrected chi connectivity index (χ4v) is 2.63. The van der Waals surface area contributed by atoms with Gasteiger partial charge in [-0.25, -0.2) is 4.98 Å². The standard InChI is InChI=1S/C20H21N5O2/c1-13(24-18-11-16(21)15(12-23-18)20(22)26-2)25-19(17-9-6-10-27-17)14-7-4-3-5-8-14/h3-12,19,22H,1-2H3,(H3,21,23,24,25). The van der Waals surface area contributed by atoms with E-state index < -0.39 is 0 Å². The van der Waals surface area contributed by atoms with Gasteiger partial charge in [-0.3, -0.25) is 10.4 Å². The molecule has 7 nitrogen and oxygen atoms in total. The van der Waals surface area contributed by atoms with Gasteiger partial charge in [-0.1, -0.05) is 30.3 Å². The average Bonchev–Trinajstić information content (AvgIpc) is 3.21. The molecule has 1 aromatic carbocycles. The zero-order valence-electron chi connectivity index (χ0n) is 15.1. The summed E-state index contributed by atoms with van der Waals surface area (Å²) in [5.41, 5.74) is 7.85. The molecule has 1 atom stereocenters. The number of hydrogen-bond donors (Lipinski definition) is 3.